The maximum Gasteiger partial charge on any atom is 0.488 e. The van der Waals surface area contributed by atoms with Gasteiger partial charge in [-0.1, -0.05) is 35.6 Å². The van der Waals surface area contributed by atoms with Gasteiger partial charge in [0.15, 0.2) is 0 Å². The van der Waals surface area contributed by atoms with E-state index in [0.29, 0.717) is 10.5 Å². The van der Waals surface area contributed by atoms with E-state index in [4.69, 9.17) is 21.6 Å². The fraction of sp³-hybridized carbons (Fsp3) is 0. The van der Waals surface area contributed by atoms with Crippen LogP contribution in [-0.2, 0) is 0 Å². The van der Waals surface area contributed by atoms with E-state index in [1.807, 2.05) is 12.1 Å². The Bertz CT molecular complexity index is 580. The van der Waals surface area contributed by atoms with E-state index < -0.39 is 7.12 Å². The highest BCUT2D eigenvalue weighted by molar-refractivity contribution is 6.58. The van der Waals surface area contributed by atoms with E-state index in [1.54, 1.807) is 36.4 Å². The zero-order valence-corrected chi connectivity index (χ0v) is 10.2. The fourth-order valence-electron chi connectivity index (χ4n) is 1.42. The quantitative estimate of drug-likeness (QED) is 0.598. The highest BCUT2D eigenvalue weighted by Gasteiger charge is 2.08. The molecule has 0 saturated carbocycles. The predicted molar refractivity (Wildman–Crippen MR) is 73.7 cm³/mol. The van der Waals surface area contributed by atoms with Gasteiger partial charge in [-0.2, -0.15) is 0 Å². The molecule has 0 bridgehead atoms. The van der Waals surface area contributed by atoms with E-state index in [0.717, 1.165) is 11.1 Å². The summed E-state index contributed by atoms with van der Waals surface area (Å²) in [5, 5.41) is 18.6. The molecule has 88 valence electrons. The fourth-order valence-corrected chi connectivity index (χ4v) is 1.54. The Labute approximate surface area is 111 Å². The molecule has 0 amide bonds. The van der Waals surface area contributed by atoms with E-state index in [1.165, 1.54) is 0 Å². The second-order valence-electron chi connectivity index (χ2n) is 3.75. The molecule has 0 fully saturated rings. The van der Waals surface area contributed by atoms with Crippen LogP contribution >= 0.6 is 11.6 Å². The lowest BCUT2D eigenvalue weighted by molar-refractivity contribution is 0.426. The van der Waals surface area contributed by atoms with Gasteiger partial charge >= 0.3 is 7.12 Å². The van der Waals surface area contributed by atoms with Crippen LogP contribution in [0, 0.1) is 11.8 Å². The summed E-state index contributed by atoms with van der Waals surface area (Å²) in [4.78, 5) is 0. The van der Waals surface area contributed by atoms with Gasteiger partial charge in [0.05, 0.1) is 0 Å². The lowest BCUT2D eigenvalue weighted by Gasteiger charge is -1.97. The van der Waals surface area contributed by atoms with E-state index in [-0.39, 0.29) is 0 Å². The molecule has 0 aliphatic carbocycles. The van der Waals surface area contributed by atoms with Crippen LogP contribution in [0.5, 0.6) is 0 Å². The minimum absolute atomic E-state index is 0.451. The van der Waals surface area contributed by atoms with Crippen LogP contribution in [0.25, 0.3) is 0 Å². The standard InChI is InChI=1S/C14H10BClO2/c16-14-9-5-12(6-10-14)2-1-11-3-7-13(8-4-11)15(17)18/h3-10,17-18H. The van der Waals surface area contributed by atoms with Crippen LogP contribution in [0.4, 0.5) is 0 Å². The lowest BCUT2D eigenvalue weighted by atomic mass is 9.80. The Morgan fingerprint density at radius 1 is 0.778 bits per heavy atom. The van der Waals surface area contributed by atoms with Crippen LogP contribution in [0.1, 0.15) is 11.1 Å². The first-order chi connectivity index (χ1) is 8.65. The molecule has 18 heavy (non-hydrogen) atoms. The van der Waals surface area contributed by atoms with E-state index in [9.17, 15) is 0 Å². The Morgan fingerprint density at radius 2 is 1.22 bits per heavy atom. The lowest BCUT2D eigenvalue weighted by Crippen LogP contribution is -2.29. The first kappa shape index (κ1) is 12.7. The smallest absolute Gasteiger partial charge is 0.423 e. The van der Waals surface area contributed by atoms with Crippen molar-refractivity contribution in [3.63, 3.8) is 0 Å². The van der Waals surface area contributed by atoms with Crippen LogP contribution in [0.15, 0.2) is 48.5 Å². The summed E-state index contributed by atoms with van der Waals surface area (Å²) in [6, 6.07) is 14.0. The average Bonchev–Trinajstić information content (AvgIpc) is 2.38. The topological polar surface area (TPSA) is 40.5 Å². The Balaban J connectivity index is 2.17. The third-order valence-electron chi connectivity index (χ3n) is 2.40. The van der Waals surface area contributed by atoms with Crippen LogP contribution in [0.2, 0.25) is 5.02 Å². The maximum absolute atomic E-state index is 8.96. The highest BCUT2D eigenvalue weighted by atomic mass is 35.5. The van der Waals surface area contributed by atoms with E-state index in [2.05, 4.69) is 11.8 Å². The van der Waals surface area contributed by atoms with Gasteiger partial charge < -0.3 is 10.0 Å². The van der Waals surface area contributed by atoms with Gasteiger partial charge in [0, 0.05) is 16.1 Å². The molecule has 0 aliphatic rings. The molecule has 0 aliphatic heterocycles. The van der Waals surface area contributed by atoms with Gasteiger partial charge in [-0.3, -0.25) is 0 Å². The minimum Gasteiger partial charge on any atom is -0.423 e. The highest BCUT2D eigenvalue weighted by Crippen LogP contribution is 2.08. The van der Waals surface area contributed by atoms with Crippen molar-refractivity contribution in [1.29, 1.82) is 0 Å². The zero-order valence-electron chi connectivity index (χ0n) is 9.47. The molecule has 2 aromatic rings. The summed E-state index contributed by atoms with van der Waals surface area (Å²) in [5.74, 6) is 5.99. The van der Waals surface area contributed by atoms with Crippen LogP contribution < -0.4 is 5.46 Å². The van der Waals surface area contributed by atoms with Crippen molar-refractivity contribution in [3.05, 3.63) is 64.7 Å². The summed E-state index contributed by atoms with van der Waals surface area (Å²) in [6.07, 6.45) is 0. The van der Waals surface area contributed by atoms with Crippen molar-refractivity contribution in [2.45, 2.75) is 0 Å². The Kier molecular flexibility index (Phi) is 4.06. The number of rotatable bonds is 1. The molecule has 0 unspecified atom stereocenters. The van der Waals surface area contributed by atoms with Crippen molar-refractivity contribution in [2.75, 3.05) is 0 Å². The zero-order chi connectivity index (χ0) is 13.0. The van der Waals surface area contributed by atoms with Crippen LogP contribution in [-0.4, -0.2) is 17.2 Å². The van der Waals surface area contributed by atoms with Crippen LogP contribution in [0.3, 0.4) is 0 Å². The van der Waals surface area contributed by atoms with Gasteiger partial charge in [-0.05, 0) is 41.9 Å². The summed E-state index contributed by atoms with van der Waals surface area (Å²) in [5.41, 5.74) is 2.15. The number of benzene rings is 2. The second kappa shape index (κ2) is 5.75. The molecule has 2 N–H and O–H groups in total. The minimum atomic E-state index is -1.44. The third-order valence-corrected chi connectivity index (χ3v) is 2.66. The van der Waals surface area contributed by atoms with Crippen molar-refractivity contribution in [3.8, 4) is 11.8 Å². The molecular weight excluding hydrogens is 246 g/mol. The molecule has 4 heteroatoms. The van der Waals surface area contributed by atoms with Gasteiger partial charge in [0.1, 0.15) is 0 Å². The third kappa shape index (κ3) is 3.38. The predicted octanol–water partition coefficient (Wildman–Crippen LogP) is 1.42. The molecule has 0 aromatic heterocycles. The summed E-state index contributed by atoms with van der Waals surface area (Å²) >= 11 is 5.78. The molecular formula is C14H10BClO2. The Morgan fingerprint density at radius 3 is 1.67 bits per heavy atom. The number of hydrogen-bond acceptors (Lipinski definition) is 2. The molecule has 0 saturated heterocycles. The maximum atomic E-state index is 8.96. The van der Waals surface area contributed by atoms with Crippen molar-refractivity contribution in [2.24, 2.45) is 0 Å². The first-order valence-corrected chi connectivity index (χ1v) is 5.76. The Hall–Kier alpha value is -1.73. The molecule has 0 radical (unpaired) electrons. The number of halogens is 1. The van der Waals surface area contributed by atoms with Crippen molar-refractivity contribution >= 4 is 24.2 Å². The van der Waals surface area contributed by atoms with E-state index >= 15 is 0 Å². The molecule has 2 rings (SSSR count). The first-order valence-electron chi connectivity index (χ1n) is 5.39. The van der Waals surface area contributed by atoms with Gasteiger partial charge in [-0.15, -0.1) is 0 Å². The molecule has 2 aromatic carbocycles. The monoisotopic (exact) mass is 256 g/mol. The molecule has 0 heterocycles. The molecule has 0 spiro atoms. The normalized spacial score (nSPS) is 9.50. The average molecular weight is 256 g/mol. The number of hydrogen-bond donors (Lipinski definition) is 2. The SMILES string of the molecule is OB(O)c1ccc(C#Cc2ccc(Cl)cc2)cc1. The molecule has 0 atom stereocenters. The van der Waals surface area contributed by atoms with Gasteiger partial charge in [0.25, 0.3) is 0 Å². The van der Waals surface area contributed by atoms with Crippen molar-refractivity contribution in [1.82, 2.24) is 0 Å². The summed E-state index contributed by atoms with van der Waals surface area (Å²) < 4.78 is 0. The summed E-state index contributed by atoms with van der Waals surface area (Å²) in [6.45, 7) is 0. The van der Waals surface area contributed by atoms with Gasteiger partial charge in [-0.25, -0.2) is 0 Å². The van der Waals surface area contributed by atoms with Crippen molar-refractivity contribution < 1.29 is 10.0 Å². The molecule has 2 nitrogen and oxygen atoms in total. The van der Waals surface area contributed by atoms with Gasteiger partial charge in [0.2, 0.25) is 0 Å². The second-order valence-corrected chi connectivity index (χ2v) is 4.19. The summed E-state index contributed by atoms with van der Waals surface area (Å²) in [7, 11) is -1.44. The largest absolute Gasteiger partial charge is 0.488 e.